The van der Waals surface area contributed by atoms with Gasteiger partial charge in [-0.25, -0.2) is 0 Å². The maximum atomic E-state index is 12.8. The minimum Gasteiger partial charge on any atom is -0.504 e. The summed E-state index contributed by atoms with van der Waals surface area (Å²) < 4.78 is 33.9. The number of rotatable bonds is 15. The minimum absolute atomic E-state index is 0.132. The topological polar surface area (TPSA) is 130 Å². The van der Waals surface area contributed by atoms with E-state index in [2.05, 4.69) is 13.8 Å². The number of hydrogen-bond donors (Lipinski definition) is 2. The van der Waals surface area contributed by atoms with Crippen LogP contribution < -0.4 is 9.47 Å². The maximum Gasteiger partial charge on any atom is 0.306 e. The van der Waals surface area contributed by atoms with Gasteiger partial charge in [0.15, 0.2) is 35.2 Å². The highest BCUT2D eigenvalue weighted by molar-refractivity contribution is 5.71. The van der Waals surface area contributed by atoms with Gasteiger partial charge in [-0.15, -0.1) is 0 Å². The number of fused-ring (bicyclic) bond motifs is 1. The molecule has 4 rings (SSSR count). The van der Waals surface area contributed by atoms with Crippen molar-refractivity contribution in [3.63, 3.8) is 0 Å². The second-order valence-corrected chi connectivity index (χ2v) is 11.9. The molecule has 10 heteroatoms. The molecule has 1 unspecified atom stereocenters. The molecule has 0 radical (unpaired) electrons. The molecular formula is C35H48O10. The highest BCUT2D eigenvalue weighted by atomic mass is 16.7. The van der Waals surface area contributed by atoms with Crippen molar-refractivity contribution in [2.24, 2.45) is 0 Å². The second-order valence-electron chi connectivity index (χ2n) is 11.9. The van der Waals surface area contributed by atoms with Crippen molar-refractivity contribution in [1.82, 2.24) is 0 Å². The van der Waals surface area contributed by atoms with Gasteiger partial charge in [-0.05, 0) is 67.2 Å². The van der Waals surface area contributed by atoms with Crippen LogP contribution in [0.1, 0.15) is 93.9 Å². The van der Waals surface area contributed by atoms with Crippen LogP contribution in [-0.4, -0.2) is 74.0 Å². The van der Waals surface area contributed by atoms with Gasteiger partial charge < -0.3 is 38.6 Å². The molecule has 2 fully saturated rings. The average Bonchev–Trinajstić information content (AvgIpc) is 3.63. The van der Waals surface area contributed by atoms with Crippen molar-refractivity contribution in [3.05, 3.63) is 46.5 Å². The Labute approximate surface area is 265 Å². The number of phenols is 2. The summed E-state index contributed by atoms with van der Waals surface area (Å²) in [4.78, 5) is 25.6. The van der Waals surface area contributed by atoms with Gasteiger partial charge in [-0.1, -0.05) is 39.8 Å². The highest BCUT2D eigenvalue weighted by Gasteiger charge is 2.51. The SMILES string of the molecule is CCC(C)c1cc(CCC(=O)O[C@H]2CO[C@H]3[C@@H]2OC[C@H]3OC(=O)CCc2cc(OC)c(O)c(C(CC)CC)c2)cc(OC)c1O. The van der Waals surface area contributed by atoms with Crippen LogP contribution >= 0.6 is 0 Å². The third-order valence-corrected chi connectivity index (χ3v) is 9.10. The Balaban J connectivity index is 1.28. The van der Waals surface area contributed by atoms with Crippen molar-refractivity contribution < 1.29 is 48.2 Å². The zero-order valence-electron chi connectivity index (χ0n) is 27.3. The van der Waals surface area contributed by atoms with E-state index in [4.69, 9.17) is 28.4 Å². The first-order valence-electron chi connectivity index (χ1n) is 16.0. The van der Waals surface area contributed by atoms with Gasteiger partial charge >= 0.3 is 11.9 Å². The van der Waals surface area contributed by atoms with Crippen LogP contribution in [0.3, 0.4) is 0 Å². The number of aryl methyl sites for hydroxylation is 2. The molecule has 2 N–H and O–H groups in total. The molecule has 10 nitrogen and oxygen atoms in total. The molecule has 2 aromatic carbocycles. The number of aromatic hydroxyl groups is 2. The van der Waals surface area contributed by atoms with Gasteiger partial charge in [0.05, 0.1) is 27.4 Å². The van der Waals surface area contributed by atoms with E-state index in [9.17, 15) is 19.8 Å². The van der Waals surface area contributed by atoms with Crippen LogP contribution in [0.25, 0.3) is 0 Å². The minimum atomic E-state index is -0.593. The van der Waals surface area contributed by atoms with E-state index >= 15 is 0 Å². The number of esters is 2. The Morgan fingerprint density at radius 2 is 1.20 bits per heavy atom. The van der Waals surface area contributed by atoms with Crippen molar-refractivity contribution >= 4 is 11.9 Å². The third kappa shape index (κ3) is 8.02. The Hall–Kier alpha value is -3.50. The normalized spacial score (nSPS) is 21.4. The third-order valence-electron chi connectivity index (χ3n) is 9.10. The summed E-state index contributed by atoms with van der Waals surface area (Å²) in [5.74, 6) is 0.630. The zero-order chi connectivity index (χ0) is 32.7. The first kappa shape index (κ1) is 34.4. The van der Waals surface area contributed by atoms with Gasteiger partial charge in [-0.3, -0.25) is 9.59 Å². The number of benzene rings is 2. The van der Waals surface area contributed by atoms with Crippen LogP contribution in [-0.2, 0) is 41.4 Å². The van der Waals surface area contributed by atoms with Gasteiger partial charge in [0.25, 0.3) is 0 Å². The largest absolute Gasteiger partial charge is 0.504 e. The fraction of sp³-hybridized carbons (Fsp3) is 0.600. The van der Waals surface area contributed by atoms with Crippen LogP contribution in [0.4, 0.5) is 0 Å². The quantitative estimate of drug-likeness (QED) is 0.236. The predicted octanol–water partition coefficient (Wildman–Crippen LogP) is 5.72. The smallest absolute Gasteiger partial charge is 0.306 e. The van der Waals surface area contributed by atoms with E-state index in [1.807, 2.05) is 26.0 Å². The van der Waals surface area contributed by atoms with Crippen molar-refractivity contribution in [1.29, 1.82) is 0 Å². The summed E-state index contributed by atoms with van der Waals surface area (Å²) in [5.41, 5.74) is 3.38. The van der Waals surface area contributed by atoms with Crippen molar-refractivity contribution in [2.75, 3.05) is 27.4 Å². The molecule has 2 aliphatic rings. The summed E-state index contributed by atoms with van der Waals surface area (Å²) in [5, 5.41) is 21.1. The lowest BCUT2D eigenvalue weighted by molar-refractivity contribution is -0.155. The lowest BCUT2D eigenvalue weighted by Crippen LogP contribution is -2.36. The summed E-state index contributed by atoms with van der Waals surface area (Å²) >= 11 is 0. The van der Waals surface area contributed by atoms with E-state index in [1.165, 1.54) is 14.2 Å². The Kier molecular flexibility index (Phi) is 12.0. The number of carbonyl (C=O) groups is 2. The number of ether oxygens (including phenoxy) is 6. The monoisotopic (exact) mass is 628 g/mol. The van der Waals surface area contributed by atoms with Crippen LogP contribution in [0.15, 0.2) is 24.3 Å². The maximum absolute atomic E-state index is 12.8. The van der Waals surface area contributed by atoms with E-state index in [-0.39, 0.29) is 61.3 Å². The van der Waals surface area contributed by atoms with Gasteiger partial charge in [0.1, 0.15) is 12.2 Å². The lowest BCUT2D eigenvalue weighted by atomic mass is 9.90. The standard InChI is InChI=1S/C35H48O10/c1-7-20(4)24-14-21(16-26(40-5)32(24)38)10-12-30(36)44-28-18-42-35-29(19-43-34(28)35)45-31(37)13-11-22-15-25(23(8-2)9-3)33(39)27(17-22)41-6/h14-17,20,23,28-29,34-35,38-39H,7-13,18-19H2,1-6H3/t20?,28-,29+,34+,35+/m0/s1. The summed E-state index contributed by atoms with van der Waals surface area (Å²) in [6, 6.07) is 7.36. The average molecular weight is 629 g/mol. The van der Waals surface area contributed by atoms with Crippen LogP contribution in [0, 0.1) is 0 Å². The van der Waals surface area contributed by atoms with E-state index in [1.54, 1.807) is 12.1 Å². The second kappa shape index (κ2) is 15.7. The molecule has 0 amide bonds. The molecule has 0 aliphatic carbocycles. The van der Waals surface area contributed by atoms with E-state index in [0.717, 1.165) is 41.5 Å². The van der Waals surface area contributed by atoms with Crippen molar-refractivity contribution in [3.8, 4) is 23.0 Å². The van der Waals surface area contributed by atoms with Crippen LogP contribution in [0.5, 0.6) is 23.0 Å². The van der Waals surface area contributed by atoms with Crippen LogP contribution in [0.2, 0.25) is 0 Å². The van der Waals surface area contributed by atoms with E-state index < -0.39 is 24.4 Å². The molecule has 0 spiro atoms. The number of methoxy groups -OCH3 is 2. The van der Waals surface area contributed by atoms with Crippen molar-refractivity contribution in [2.45, 2.75) is 109 Å². The van der Waals surface area contributed by atoms with Gasteiger partial charge in [0.2, 0.25) is 0 Å². The molecule has 5 atom stereocenters. The fourth-order valence-electron chi connectivity index (χ4n) is 6.19. The molecule has 2 aromatic rings. The molecule has 0 saturated carbocycles. The molecule has 248 valence electrons. The molecule has 45 heavy (non-hydrogen) atoms. The van der Waals surface area contributed by atoms with Gasteiger partial charge in [0, 0.05) is 24.0 Å². The number of phenolic OH excluding ortho intramolecular Hbond substituents is 2. The summed E-state index contributed by atoms with van der Waals surface area (Å²) in [6.07, 6.45) is 1.54. The Bertz CT molecular complexity index is 1320. The molecule has 0 bridgehead atoms. The molecule has 2 aliphatic heterocycles. The Morgan fingerprint density at radius 3 is 1.62 bits per heavy atom. The predicted molar refractivity (Wildman–Crippen MR) is 167 cm³/mol. The highest BCUT2D eigenvalue weighted by Crippen LogP contribution is 2.40. The zero-order valence-corrected chi connectivity index (χ0v) is 27.3. The fourth-order valence-corrected chi connectivity index (χ4v) is 6.19. The number of hydrogen-bond acceptors (Lipinski definition) is 10. The lowest BCUT2D eigenvalue weighted by Gasteiger charge is -2.19. The molecule has 0 aromatic heterocycles. The molecular weight excluding hydrogens is 580 g/mol. The first-order valence-corrected chi connectivity index (χ1v) is 16.0. The molecule has 2 saturated heterocycles. The van der Waals surface area contributed by atoms with Gasteiger partial charge in [-0.2, -0.15) is 0 Å². The number of carbonyl (C=O) groups excluding carboxylic acids is 2. The summed E-state index contributed by atoms with van der Waals surface area (Å²) in [7, 11) is 3.02. The Morgan fingerprint density at radius 1 is 0.756 bits per heavy atom. The first-order chi connectivity index (χ1) is 21.6. The summed E-state index contributed by atoms with van der Waals surface area (Å²) in [6.45, 7) is 8.56. The molecule has 2 heterocycles. The van der Waals surface area contributed by atoms with E-state index in [0.29, 0.717) is 24.3 Å².